The van der Waals surface area contributed by atoms with E-state index >= 15 is 0 Å². The number of nitrogens with zero attached hydrogens (tertiary/aromatic N) is 2. The van der Waals surface area contributed by atoms with E-state index in [2.05, 4.69) is 31.9 Å². The Kier molecular flexibility index (Phi) is 31.0. The maximum Gasteiger partial charge on any atom is 0.240 e. The van der Waals surface area contributed by atoms with Crippen LogP contribution in [0.15, 0.2) is 10.2 Å². The number of rotatable bonds is 35. The van der Waals surface area contributed by atoms with E-state index in [1.54, 1.807) is 27.7 Å². The van der Waals surface area contributed by atoms with Crippen LogP contribution in [0.3, 0.4) is 0 Å². The second kappa shape index (κ2) is 34.1. The lowest BCUT2D eigenvalue weighted by Gasteiger charge is -2.23. The number of hydrazine groups is 6. The Morgan fingerprint density at radius 3 is 1.15 bits per heavy atom. The third-order valence-electron chi connectivity index (χ3n) is 11.7. The predicted octanol–water partition coefficient (Wildman–Crippen LogP) is -4.20. The highest BCUT2D eigenvalue weighted by atomic mass is 16.2. The summed E-state index contributed by atoms with van der Waals surface area (Å²) in [4.78, 5) is 124. The smallest absolute Gasteiger partial charge is 0.240 e. The number of nitrogens with two attached hydrogens (primary N) is 8. The second-order valence-corrected chi connectivity index (χ2v) is 17.0. The summed E-state index contributed by atoms with van der Waals surface area (Å²) in [6.07, 6.45) is 4.22. The van der Waals surface area contributed by atoms with Gasteiger partial charge in [0.25, 0.3) is 0 Å². The molecule has 0 aliphatic carbocycles. The molecule has 0 spiro atoms. The molecule has 386 valence electrons. The van der Waals surface area contributed by atoms with Crippen molar-refractivity contribution in [1.82, 2.24) is 43.4 Å². The van der Waals surface area contributed by atoms with Crippen molar-refractivity contribution in [2.24, 2.45) is 116 Å². The van der Waals surface area contributed by atoms with Gasteiger partial charge in [-0.25, -0.2) is 45.9 Å². The van der Waals surface area contributed by atoms with Gasteiger partial charge in [-0.3, -0.25) is 80.5 Å². The van der Waals surface area contributed by atoms with E-state index in [4.69, 9.17) is 46.5 Å². The molecule has 10 atom stereocenters. The summed E-state index contributed by atoms with van der Waals surface area (Å²) in [6, 6.07) is 0. The molecule has 0 saturated carbocycles. The predicted molar refractivity (Wildman–Crippen MR) is 248 cm³/mol. The average molecular weight is 969 g/mol. The minimum absolute atomic E-state index is 0.0168. The first-order valence-corrected chi connectivity index (χ1v) is 22.4. The zero-order valence-corrected chi connectivity index (χ0v) is 39.4. The van der Waals surface area contributed by atoms with E-state index < -0.39 is 118 Å². The van der Waals surface area contributed by atoms with E-state index in [0.717, 1.165) is 0 Å². The largest absolute Gasteiger partial charge is 0.369 e. The minimum atomic E-state index is -0.857. The number of primary amides is 2. The van der Waals surface area contributed by atoms with Gasteiger partial charge in [0.15, 0.2) is 0 Å². The molecule has 0 heterocycles. The fourth-order valence-electron chi connectivity index (χ4n) is 7.70. The van der Waals surface area contributed by atoms with Crippen LogP contribution in [0.2, 0.25) is 0 Å². The van der Waals surface area contributed by atoms with Crippen LogP contribution in [0.4, 0.5) is 0 Å². The molecular weight excluding hydrogens is 893 g/mol. The summed E-state index contributed by atoms with van der Waals surface area (Å²) in [6.45, 7) is 6.63. The number of carbonyl (C=O) groups is 10. The Morgan fingerprint density at radius 2 is 0.794 bits per heavy atom. The molecule has 0 aromatic rings. The first kappa shape index (κ1) is 61.8. The summed E-state index contributed by atoms with van der Waals surface area (Å²) >= 11 is 0. The van der Waals surface area contributed by atoms with Crippen molar-refractivity contribution < 1.29 is 47.9 Å². The molecule has 28 heteroatoms. The Labute approximate surface area is 395 Å². The third kappa shape index (κ3) is 24.5. The number of hydrogen-bond donors (Lipinski definition) is 16. The number of carbonyl (C=O) groups excluding carboxylic acids is 10. The third-order valence-corrected chi connectivity index (χ3v) is 11.7. The monoisotopic (exact) mass is 969 g/mol. The lowest BCUT2D eigenvalue weighted by atomic mass is 9.83. The Balaban J connectivity index is 5.63. The molecule has 0 aliphatic rings. The zero-order chi connectivity index (χ0) is 51.9. The van der Waals surface area contributed by atoms with Crippen LogP contribution >= 0.6 is 0 Å². The van der Waals surface area contributed by atoms with Gasteiger partial charge in [0.05, 0.1) is 0 Å². The molecule has 28 nitrogen and oxygen atoms in total. The van der Waals surface area contributed by atoms with Crippen LogP contribution in [-0.4, -0.2) is 71.5 Å². The highest BCUT2D eigenvalue weighted by Crippen LogP contribution is 2.27. The fraction of sp³-hybridized carbons (Fsp3) is 0.700. The lowest BCUT2D eigenvalue weighted by Crippen LogP contribution is -2.42. The standard InChI is InChI=1S/C40H76N18O10/c1-5-25(33(41)61)15-24(20-50-58-32(60)11-7-9-27(38(66)54-46)18-30(40(68)56-48)14-23(4)36(64)52-44)16-28(34(42)62)12-21(2)19-49-57-31(59)10-6-8-26(37(65)53-45)17-29(39(67)55-47)13-22(3)35(63)51-43/h19-30H,5-18,43-48H2,1-4H3,(H2,41,61)(H2,42,62)(H,51,63)(H,52,64)(H,53,65)(H,54,66)(H,55,67)(H,56,68)(H,57,59)(H,58,60)/b49-19+,50-20+. The topological polar surface area (TPSA) is 500 Å². The van der Waals surface area contributed by atoms with E-state index in [1.807, 2.05) is 21.7 Å². The van der Waals surface area contributed by atoms with Gasteiger partial charge < -0.3 is 11.5 Å². The van der Waals surface area contributed by atoms with Gasteiger partial charge in [-0.1, -0.05) is 27.7 Å². The van der Waals surface area contributed by atoms with Crippen LogP contribution in [-0.2, 0) is 47.9 Å². The van der Waals surface area contributed by atoms with Crippen molar-refractivity contribution in [1.29, 1.82) is 0 Å². The van der Waals surface area contributed by atoms with Gasteiger partial charge in [0.1, 0.15) is 0 Å². The van der Waals surface area contributed by atoms with Crippen LogP contribution in [0.1, 0.15) is 118 Å². The molecule has 0 aromatic carbocycles. The number of nitrogens with one attached hydrogen (secondary N) is 8. The van der Waals surface area contributed by atoms with Crippen LogP contribution in [0.25, 0.3) is 0 Å². The Morgan fingerprint density at radius 1 is 0.441 bits per heavy atom. The first-order chi connectivity index (χ1) is 32.1. The molecule has 0 radical (unpaired) electrons. The van der Waals surface area contributed by atoms with Crippen molar-refractivity contribution in [3.63, 3.8) is 0 Å². The highest BCUT2D eigenvalue weighted by Gasteiger charge is 2.32. The normalized spacial score (nSPS) is 15.7. The maximum absolute atomic E-state index is 12.8. The highest BCUT2D eigenvalue weighted by molar-refractivity contribution is 5.85. The molecule has 0 fully saturated rings. The summed E-state index contributed by atoms with van der Waals surface area (Å²) in [5.74, 6) is 19.2. The van der Waals surface area contributed by atoms with Crippen LogP contribution in [0.5, 0.6) is 0 Å². The van der Waals surface area contributed by atoms with Crippen molar-refractivity contribution in [2.75, 3.05) is 0 Å². The molecule has 0 aliphatic heterocycles. The molecule has 0 aromatic heterocycles. The minimum Gasteiger partial charge on any atom is -0.369 e. The van der Waals surface area contributed by atoms with E-state index in [1.165, 1.54) is 12.4 Å². The van der Waals surface area contributed by atoms with Gasteiger partial charge in [-0.15, -0.1) is 0 Å². The average Bonchev–Trinajstić information content (AvgIpc) is 3.31. The van der Waals surface area contributed by atoms with Gasteiger partial charge in [0, 0.05) is 72.6 Å². The van der Waals surface area contributed by atoms with E-state index in [-0.39, 0.29) is 83.5 Å². The summed E-state index contributed by atoms with van der Waals surface area (Å²) in [5.41, 5.74) is 28.4. The quantitative estimate of drug-likeness (QED) is 0.0124. The van der Waals surface area contributed by atoms with Gasteiger partial charge in [-0.2, -0.15) is 10.2 Å². The molecule has 0 bridgehead atoms. The molecule has 0 rings (SSSR count). The van der Waals surface area contributed by atoms with Crippen molar-refractivity contribution in [2.45, 2.75) is 118 Å². The van der Waals surface area contributed by atoms with Gasteiger partial charge in [-0.05, 0) is 88.9 Å². The molecule has 0 saturated heterocycles. The van der Waals surface area contributed by atoms with E-state index in [9.17, 15) is 47.9 Å². The zero-order valence-electron chi connectivity index (χ0n) is 39.4. The molecule has 24 N–H and O–H groups in total. The van der Waals surface area contributed by atoms with Gasteiger partial charge in [0.2, 0.25) is 59.1 Å². The lowest BCUT2D eigenvalue weighted by molar-refractivity contribution is -0.132. The first-order valence-electron chi connectivity index (χ1n) is 22.4. The summed E-state index contributed by atoms with van der Waals surface area (Å²) in [5, 5.41) is 8.08. The molecule has 10 unspecified atom stereocenters. The Bertz CT molecular complexity index is 1740. The van der Waals surface area contributed by atoms with Gasteiger partial charge >= 0.3 is 0 Å². The number of hydrazone groups is 2. The van der Waals surface area contributed by atoms with Crippen LogP contribution in [0, 0.1) is 59.2 Å². The molecule has 68 heavy (non-hydrogen) atoms. The number of hydrogen-bond acceptors (Lipinski definition) is 18. The maximum atomic E-state index is 12.8. The molecular formula is C40H76N18O10. The molecule has 10 amide bonds. The SMILES string of the molecule is CCC(CC(/C=N/NC(=O)CCCC(CC(CC(C)C(=O)NN)C(=O)NN)C(=O)NN)CC(CC(C)/C=N/NC(=O)CCCC(CC(CC(C)C(=O)NN)C(=O)NN)C(=O)NN)C(N)=O)C(N)=O. The Hall–Kier alpha value is -6.20. The second-order valence-electron chi connectivity index (χ2n) is 17.0. The number of amides is 10. The van der Waals surface area contributed by atoms with E-state index in [0.29, 0.717) is 6.42 Å². The van der Waals surface area contributed by atoms with Crippen molar-refractivity contribution in [3.05, 3.63) is 0 Å². The fourth-order valence-corrected chi connectivity index (χ4v) is 7.70. The van der Waals surface area contributed by atoms with Crippen molar-refractivity contribution in [3.8, 4) is 0 Å². The van der Waals surface area contributed by atoms with Crippen LogP contribution < -0.4 is 89.9 Å². The summed E-state index contributed by atoms with van der Waals surface area (Å²) in [7, 11) is 0. The summed E-state index contributed by atoms with van der Waals surface area (Å²) < 4.78 is 0. The van der Waals surface area contributed by atoms with Crippen molar-refractivity contribution >= 4 is 71.5 Å².